The molecule has 3 rings (SSSR count). The van der Waals surface area contributed by atoms with Crippen LogP contribution >= 0.6 is 0 Å². The first-order valence-electron chi connectivity index (χ1n) is 8.64. The van der Waals surface area contributed by atoms with Crippen LogP contribution in [0.2, 0.25) is 0 Å². The average molecular weight is 394 g/mol. The molecule has 9 heteroatoms. The summed E-state index contributed by atoms with van der Waals surface area (Å²) < 4.78 is 5.62. The lowest BCUT2D eigenvalue weighted by atomic mass is 10.1. The molecular weight excluding hydrogens is 376 g/mol. The predicted molar refractivity (Wildman–Crippen MR) is 107 cm³/mol. The van der Waals surface area contributed by atoms with Crippen molar-refractivity contribution in [3.05, 3.63) is 76.3 Å². The standard InChI is InChI=1S/C20H18N4O5/c1-12(29-16-8-6-13-4-2-3-5-14(13)10-16)19(25)22-23-20(26)15-7-9-17(21)18(11-15)24(27)28/h2-12H,21H2,1H3,(H,22,25)(H,23,26). The molecule has 0 fully saturated rings. The lowest BCUT2D eigenvalue weighted by molar-refractivity contribution is -0.383. The van der Waals surface area contributed by atoms with Crippen molar-refractivity contribution in [1.29, 1.82) is 0 Å². The molecule has 29 heavy (non-hydrogen) atoms. The molecule has 0 radical (unpaired) electrons. The van der Waals surface area contributed by atoms with Gasteiger partial charge in [0.2, 0.25) is 0 Å². The number of fused-ring (bicyclic) bond motifs is 1. The van der Waals surface area contributed by atoms with Crippen molar-refractivity contribution in [2.75, 3.05) is 5.73 Å². The number of nitrogens with two attached hydrogens (primary N) is 1. The largest absolute Gasteiger partial charge is 0.481 e. The van der Waals surface area contributed by atoms with Crippen molar-refractivity contribution in [2.24, 2.45) is 0 Å². The van der Waals surface area contributed by atoms with Crippen molar-refractivity contribution in [3.63, 3.8) is 0 Å². The Labute approximate surface area is 165 Å². The highest BCUT2D eigenvalue weighted by Crippen LogP contribution is 2.22. The van der Waals surface area contributed by atoms with Crippen LogP contribution in [0.5, 0.6) is 5.75 Å². The highest BCUT2D eigenvalue weighted by molar-refractivity contribution is 5.97. The molecular formula is C20H18N4O5. The summed E-state index contributed by atoms with van der Waals surface area (Å²) >= 11 is 0. The normalized spacial score (nSPS) is 11.5. The lowest BCUT2D eigenvalue weighted by Crippen LogP contribution is -2.47. The Bertz CT molecular complexity index is 1100. The maximum absolute atomic E-state index is 12.2. The Morgan fingerprint density at radius 2 is 1.76 bits per heavy atom. The second-order valence-corrected chi connectivity index (χ2v) is 6.24. The second-order valence-electron chi connectivity index (χ2n) is 6.24. The Morgan fingerprint density at radius 1 is 1.03 bits per heavy atom. The number of ether oxygens (including phenoxy) is 1. The number of nitrogens with one attached hydrogen (secondary N) is 2. The zero-order chi connectivity index (χ0) is 21.0. The number of anilines is 1. The highest BCUT2D eigenvalue weighted by atomic mass is 16.6. The van der Waals surface area contributed by atoms with E-state index < -0.39 is 28.5 Å². The maximum Gasteiger partial charge on any atom is 0.292 e. The van der Waals surface area contributed by atoms with E-state index in [1.807, 2.05) is 36.4 Å². The smallest absolute Gasteiger partial charge is 0.292 e. The summed E-state index contributed by atoms with van der Waals surface area (Å²) in [4.78, 5) is 34.6. The van der Waals surface area contributed by atoms with Crippen LogP contribution in [-0.4, -0.2) is 22.8 Å². The summed E-state index contributed by atoms with van der Waals surface area (Å²) in [5.41, 5.74) is 9.46. The fraction of sp³-hybridized carbons (Fsp3) is 0.100. The molecule has 0 aromatic heterocycles. The van der Waals surface area contributed by atoms with Crippen molar-refractivity contribution in [1.82, 2.24) is 10.9 Å². The number of carbonyl (C=O) groups is 2. The Kier molecular flexibility index (Phi) is 5.59. The summed E-state index contributed by atoms with van der Waals surface area (Å²) in [6.45, 7) is 1.53. The van der Waals surface area contributed by atoms with E-state index in [0.29, 0.717) is 5.75 Å². The van der Waals surface area contributed by atoms with Crippen LogP contribution in [0.1, 0.15) is 17.3 Å². The van der Waals surface area contributed by atoms with Gasteiger partial charge in [-0.25, -0.2) is 0 Å². The predicted octanol–water partition coefficient (Wildman–Crippen LogP) is 2.56. The summed E-state index contributed by atoms with van der Waals surface area (Å²) in [5.74, 6) is -0.803. The molecule has 0 aliphatic rings. The van der Waals surface area contributed by atoms with Crippen LogP contribution in [0.3, 0.4) is 0 Å². The monoisotopic (exact) mass is 394 g/mol. The van der Waals surface area contributed by atoms with Crippen molar-refractivity contribution in [2.45, 2.75) is 13.0 Å². The van der Waals surface area contributed by atoms with Gasteiger partial charge in [0.15, 0.2) is 6.10 Å². The van der Waals surface area contributed by atoms with Gasteiger partial charge in [0.1, 0.15) is 11.4 Å². The number of nitrogen functional groups attached to an aromatic ring is 1. The van der Waals surface area contributed by atoms with Crippen LogP contribution in [0.15, 0.2) is 60.7 Å². The Balaban J connectivity index is 1.60. The summed E-state index contributed by atoms with van der Waals surface area (Å²) in [5, 5.41) is 12.9. The maximum atomic E-state index is 12.2. The van der Waals surface area contributed by atoms with E-state index in [1.54, 1.807) is 6.07 Å². The first-order chi connectivity index (χ1) is 13.8. The zero-order valence-corrected chi connectivity index (χ0v) is 15.4. The van der Waals surface area contributed by atoms with Gasteiger partial charge in [-0.3, -0.25) is 30.6 Å². The van der Waals surface area contributed by atoms with Crippen LogP contribution in [-0.2, 0) is 4.79 Å². The first-order valence-corrected chi connectivity index (χ1v) is 8.64. The molecule has 0 bridgehead atoms. The molecule has 9 nitrogen and oxygen atoms in total. The van der Waals surface area contributed by atoms with Gasteiger partial charge in [0, 0.05) is 11.6 Å². The molecule has 148 valence electrons. The van der Waals surface area contributed by atoms with Gasteiger partial charge < -0.3 is 10.5 Å². The number of nitrogens with zero attached hydrogens (tertiary/aromatic N) is 1. The van der Waals surface area contributed by atoms with E-state index >= 15 is 0 Å². The molecule has 0 aliphatic carbocycles. The van der Waals surface area contributed by atoms with Gasteiger partial charge >= 0.3 is 0 Å². The summed E-state index contributed by atoms with van der Waals surface area (Å²) in [6.07, 6.45) is -0.891. The van der Waals surface area contributed by atoms with Gasteiger partial charge in [-0.1, -0.05) is 30.3 Å². The summed E-state index contributed by atoms with van der Waals surface area (Å²) in [6, 6.07) is 16.8. The number of nitro benzene ring substituents is 1. The molecule has 3 aromatic rings. The number of hydrogen-bond donors (Lipinski definition) is 3. The summed E-state index contributed by atoms with van der Waals surface area (Å²) in [7, 11) is 0. The minimum atomic E-state index is -0.891. The zero-order valence-electron chi connectivity index (χ0n) is 15.4. The van der Waals surface area contributed by atoms with E-state index in [1.165, 1.54) is 19.1 Å². The average Bonchev–Trinajstić information content (AvgIpc) is 2.71. The van der Waals surface area contributed by atoms with Crippen LogP contribution in [0, 0.1) is 10.1 Å². The fourth-order valence-electron chi connectivity index (χ4n) is 2.63. The van der Waals surface area contributed by atoms with Gasteiger partial charge in [0.25, 0.3) is 17.5 Å². The number of carbonyl (C=O) groups excluding carboxylic acids is 2. The molecule has 0 aliphatic heterocycles. The molecule has 0 saturated heterocycles. The number of amides is 2. The lowest BCUT2D eigenvalue weighted by Gasteiger charge is -2.15. The molecule has 1 unspecified atom stereocenters. The minimum absolute atomic E-state index is 0.0192. The van der Waals surface area contributed by atoms with Crippen molar-refractivity contribution in [3.8, 4) is 5.75 Å². The highest BCUT2D eigenvalue weighted by Gasteiger charge is 2.18. The van der Waals surface area contributed by atoms with E-state index in [-0.39, 0.29) is 11.3 Å². The molecule has 2 amide bonds. The first kappa shape index (κ1) is 19.6. The van der Waals surface area contributed by atoms with Gasteiger partial charge in [-0.2, -0.15) is 0 Å². The third-order valence-electron chi connectivity index (χ3n) is 4.19. The number of hydrazine groups is 1. The van der Waals surface area contributed by atoms with Gasteiger partial charge in [-0.05, 0) is 42.0 Å². The SMILES string of the molecule is CC(Oc1ccc2ccccc2c1)C(=O)NNC(=O)c1ccc(N)c([N+](=O)[O-])c1. The third kappa shape index (κ3) is 4.59. The number of benzene rings is 3. The third-order valence-corrected chi connectivity index (χ3v) is 4.19. The van der Waals surface area contributed by atoms with Gasteiger partial charge in [-0.15, -0.1) is 0 Å². The minimum Gasteiger partial charge on any atom is -0.481 e. The van der Waals surface area contributed by atoms with Crippen molar-refractivity contribution < 1.29 is 19.2 Å². The van der Waals surface area contributed by atoms with Crippen molar-refractivity contribution >= 4 is 34.0 Å². The van der Waals surface area contributed by atoms with E-state index in [2.05, 4.69) is 10.9 Å². The van der Waals surface area contributed by atoms with Crippen LogP contribution in [0.4, 0.5) is 11.4 Å². The van der Waals surface area contributed by atoms with Crippen LogP contribution < -0.4 is 21.3 Å². The van der Waals surface area contributed by atoms with E-state index in [9.17, 15) is 19.7 Å². The number of nitro groups is 1. The molecule has 1 atom stereocenters. The van der Waals surface area contributed by atoms with E-state index in [4.69, 9.17) is 10.5 Å². The topological polar surface area (TPSA) is 137 Å². The fourth-order valence-corrected chi connectivity index (χ4v) is 2.63. The molecule has 4 N–H and O–H groups in total. The second kappa shape index (κ2) is 8.26. The molecule has 3 aromatic carbocycles. The molecule has 0 spiro atoms. The van der Waals surface area contributed by atoms with Crippen LogP contribution in [0.25, 0.3) is 10.8 Å². The quantitative estimate of drug-likeness (QED) is 0.346. The van der Waals surface area contributed by atoms with E-state index in [0.717, 1.165) is 16.8 Å². The van der Waals surface area contributed by atoms with Gasteiger partial charge in [0.05, 0.1) is 4.92 Å². The Morgan fingerprint density at radius 3 is 2.48 bits per heavy atom. The number of hydrogen-bond acceptors (Lipinski definition) is 6. The molecule has 0 saturated carbocycles. The molecule has 0 heterocycles. The number of rotatable bonds is 5. The Hall–Kier alpha value is -4.14.